The number of benzene rings is 1. The van der Waals surface area contributed by atoms with E-state index in [2.05, 4.69) is 10.3 Å². The zero-order valence-electron chi connectivity index (χ0n) is 11.4. The number of rotatable bonds is 2. The molecule has 4 nitrogen and oxygen atoms in total. The first-order chi connectivity index (χ1) is 9.72. The normalized spacial score (nSPS) is 22.6. The SMILES string of the molecule is N[C@H]1CCC[C@H](C(=O)Nc2ccc3cnccc3c2)C1. The van der Waals surface area contributed by atoms with Gasteiger partial charge in [0.05, 0.1) is 0 Å². The Morgan fingerprint density at radius 1 is 1.25 bits per heavy atom. The van der Waals surface area contributed by atoms with Gasteiger partial charge in [0.1, 0.15) is 0 Å². The van der Waals surface area contributed by atoms with Gasteiger partial charge in [0, 0.05) is 35.4 Å². The number of hydrogen-bond donors (Lipinski definition) is 2. The lowest BCUT2D eigenvalue weighted by Gasteiger charge is -2.25. The van der Waals surface area contributed by atoms with Crippen molar-refractivity contribution in [3.05, 3.63) is 36.7 Å². The highest BCUT2D eigenvalue weighted by Crippen LogP contribution is 2.25. The Bertz CT molecular complexity index is 626. The number of amides is 1. The Hall–Kier alpha value is -1.94. The molecular weight excluding hydrogens is 250 g/mol. The summed E-state index contributed by atoms with van der Waals surface area (Å²) >= 11 is 0. The number of fused-ring (bicyclic) bond motifs is 1. The van der Waals surface area contributed by atoms with Crippen LogP contribution >= 0.6 is 0 Å². The Morgan fingerprint density at radius 2 is 2.15 bits per heavy atom. The predicted molar refractivity (Wildman–Crippen MR) is 80.3 cm³/mol. The molecule has 2 aromatic rings. The maximum Gasteiger partial charge on any atom is 0.227 e. The first-order valence-electron chi connectivity index (χ1n) is 7.12. The fourth-order valence-electron chi connectivity index (χ4n) is 2.87. The molecule has 0 aliphatic heterocycles. The molecule has 104 valence electrons. The fraction of sp³-hybridized carbons (Fsp3) is 0.375. The molecular formula is C16H19N3O. The summed E-state index contributed by atoms with van der Waals surface area (Å²) in [5.41, 5.74) is 6.78. The number of hydrogen-bond acceptors (Lipinski definition) is 3. The van der Waals surface area contributed by atoms with Crippen LogP contribution in [0.15, 0.2) is 36.7 Å². The molecule has 1 amide bonds. The average molecular weight is 269 g/mol. The molecule has 1 heterocycles. The van der Waals surface area contributed by atoms with E-state index in [-0.39, 0.29) is 17.9 Å². The smallest absolute Gasteiger partial charge is 0.227 e. The number of carbonyl (C=O) groups excluding carboxylic acids is 1. The predicted octanol–water partition coefficient (Wildman–Crippen LogP) is 2.69. The topological polar surface area (TPSA) is 68.0 Å². The molecule has 0 saturated heterocycles. The van der Waals surface area contributed by atoms with Gasteiger partial charge in [-0.25, -0.2) is 0 Å². The third-order valence-corrected chi connectivity index (χ3v) is 3.99. The van der Waals surface area contributed by atoms with Crippen LogP contribution in [0.3, 0.4) is 0 Å². The lowest BCUT2D eigenvalue weighted by atomic mass is 9.85. The van der Waals surface area contributed by atoms with E-state index in [1.165, 1.54) is 0 Å². The van der Waals surface area contributed by atoms with Crippen molar-refractivity contribution >= 4 is 22.4 Å². The molecule has 1 aliphatic rings. The molecule has 1 fully saturated rings. The van der Waals surface area contributed by atoms with Crippen LogP contribution in [-0.4, -0.2) is 16.9 Å². The second-order valence-corrected chi connectivity index (χ2v) is 5.55. The van der Waals surface area contributed by atoms with Gasteiger partial charge in [0.15, 0.2) is 0 Å². The van der Waals surface area contributed by atoms with Crippen LogP contribution in [0.25, 0.3) is 10.8 Å². The minimum Gasteiger partial charge on any atom is -0.328 e. The minimum atomic E-state index is 0.0480. The number of pyridine rings is 1. The van der Waals surface area contributed by atoms with Crippen LogP contribution in [0, 0.1) is 5.92 Å². The quantitative estimate of drug-likeness (QED) is 0.880. The minimum absolute atomic E-state index is 0.0480. The van der Waals surface area contributed by atoms with Crippen molar-refractivity contribution in [3.63, 3.8) is 0 Å². The van der Waals surface area contributed by atoms with Crippen molar-refractivity contribution in [3.8, 4) is 0 Å². The third-order valence-electron chi connectivity index (χ3n) is 3.99. The van der Waals surface area contributed by atoms with Crippen LogP contribution in [0.1, 0.15) is 25.7 Å². The molecule has 1 aromatic carbocycles. The van der Waals surface area contributed by atoms with Gasteiger partial charge in [-0.3, -0.25) is 9.78 Å². The number of nitrogens with one attached hydrogen (secondary N) is 1. The molecule has 1 saturated carbocycles. The standard InChI is InChI=1S/C16H19N3O/c17-14-3-1-2-12(8-14)16(20)19-15-5-4-13-10-18-7-6-11(13)9-15/h4-7,9-10,12,14H,1-3,8,17H2,(H,19,20)/t12-,14-/m0/s1. The second kappa shape index (κ2) is 5.59. The molecule has 3 rings (SSSR count). The van der Waals surface area contributed by atoms with Gasteiger partial charge in [-0.1, -0.05) is 12.5 Å². The number of nitrogens with zero attached hydrogens (tertiary/aromatic N) is 1. The van der Waals surface area contributed by atoms with Crippen molar-refractivity contribution < 1.29 is 4.79 Å². The summed E-state index contributed by atoms with van der Waals surface area (Å²) < 4.78 is 0. The maximum atomic E-state index is 12.3. The summed E-state index contributed by atoms with van der Waals surface area (Å²) in [7, 11) is 0. The van der Waals surface area contributed by atoms with Crippen molar-refractivity contribution in [2.24, 2.45) is 11.7 Å². The zero-order valence-corrected chi connectivity index (χ0v) is 11.4. The first-order valence-corrected chi connectivity index (χ1v) is 7.12. The summed E-state index contributed by atoms with van der Waals surface area (Å²) in [4.78, 5) is 16.4. The van der Waals surface area contributed by atoms with Crippen LogP contribution in [0.5, 0.6) is 0 Å². The molecule has 4 heteroatoms. The van der Waals surface area contributed by atoms with E-state index in [1.54, 1.807) is 6.20 Å². The van der Waals surface area contributed by atoms with Gasteiger partial charge in [0.2, 0.25) is 5.91 Å². The molecule has 0 radical (unpaired) electrons. The Balaban J connectivity index is 1.73. The summed E-state index contributed by atoms with van der Waals surface area (Å²) in [5.74, 6) is 0.139. The summed E-state index contributed by atoms with van der Waals surface area (Å²) in [5, 5.41) is 5.17. The lowest BCUT2D eigenvalue weighted by Crippen LogP contribution is -2.34. The van der Waals surface area contributed by atoms with Gasteiger partial charge in [0.25, 0.3) is 0 Å². The van der Waals surface area contributed by atoms with E-state index in [9.17, 15) is 4.79 Å². The van der Waals surface area contributed by atoms with Crippen LogP contribution in [0.4, 0.5) is 5.69 Å². The van der Waals surface area contributed by atoms with E-state index in [1.807, 2.05) is 30.5 Å². The number of anilines is 1. The highest BCUT2D eigenvalue weighted by molar-refractivity contribution is 5.95. The Labute approximate surface area is 118 Å². The third kappa shape index (κ3) is 2.80. The number of nitrogens with two attached hydrogens (primary N) is 1. The van der Waals surface area contributed by atoms with E-state index < -0.39 is 0 Å². The molecule has 0 bridgehead atoms. The van der Waals surface area contributed by atoms with Crippen LogP contribution in [-0.2, 0) is 4.79 Å². The van der Waals surface area contributed by atoms with Crippen molar-refractivity contribution in [2.75, 3.05) is 5.32 Å². The highest BCUT2D eigenvalue weighted by atomic mass is 16.1. The van der Waals surface area contributed by atoms with E-state index in [0.29, 0.717) is 0 Å². The molecule has 3 N–H and O–H groups in total. The molecule has 0 spiro atoms. The summed E-state index contributed by atoms with van der Waals surface area (Å²) in [6, 6.07) is 8.00. The molecule has 20 heavy (non-hydrogen) atoms. The average Bonchev–Trinajstić information content (AvgIpc) is 2.47. The Kier molecular flexibility index (Phi) is 3.65. The molecule has 0 unspecified atom stereocenters. The van der Waals surface area contributed by atoms with Gasteiger partial charge >= 0.3 is 0 Å². The van der Waals surface area contributed by atoms with E-state index >= 15 is 0 Å². The number of carbonyl (C=O) groups is 1. The molecule has 2 atom stereocenters. The Morgan fingerprint density at radius 3 is 3.00 bits per heavy atom. The van der Waals surface area contributed by atoms with Gasteiger partial charge < -0.3 is 11.1 Å². The van der Waals surface area contributed by atoms with Gasteiger partial charge in [-0.15, -0.1) is 0 Å². The van der Waals surface area contributed by atoms with Crippen molar-refractivity contribution in [1.82, 2.24) is 4.98 Å². The van der Waals surface area contributed by atoms with Crippen molar-refractivity contribution in [1.29, 1.82) is 0 Å². The van der Waals surface area contributed by atoms with Crippen LogP contribution in [0.2, 0.25) is 0 Å². The second-order valence-electron chi connectivity index (χ2n) is 5.55. The largest absolute Gasteiger partial charge is 0.328 e. The zero-order chi connectivity index (χ0) is 13.9. The summed E-state index contributed by atoms with van der Waals surface area (Å²) in [6.07, 6.45) is 7.39. The van der Waals surface area contributed by atoms with E-state index in [0.717, 1.165) is 42.1 Å². The van der Waals surface area contributed by atoms with Crippen LogP contribution < -0.4 is 11.1 Å². The van der Waals surface area contributed by atoms with Crippen molar-refractivity contribution in [2.45, 2.75) is 31.7 Å². The first kappa shape index (κ1) is 13.1. The lowest BCUT2D eigenvalue weighted by molar-refractivity contribution is -0.120. The highest BCUT2D eigenvalue weighted by Gasteiger charge is 2.25. The van der Waals surface area contributed by atoms with E-state index in [4.69, 9.17) is 5.73 Å². The maximum absolute atomic E-state index is 12.3. The monoisotopic (exact) mass is 269 g/mol. The number of aromatic nitrogens is 1. The van der Waals surface area contributed by atoms with Gasteiger partial charge in [-0.05, 0) is 42.8 Å². The fourth-order valence-corrected chi connectivity index (χ4v) is 2.87. The molecule has 1 aliphatic carbocycles. The summed E-state index contributed by atoms with van der Waals surface area (Å²) in [6.45, 7) is 0. The van der Waals surface area contributed by atoms with Gasteiger partial charge in [-0.2, -0.15) is 0 Å². The molecule has 1 aromatic heterocycles.